The van der Waals surface area contributed by atoms with E-state index in [-0.39, 0.29) is 12.2 Å². The zero-order valence-electron chi connectivity index (χ0n) is 21.1. The topological polar surface area (TPSA) is 93.0 Å². The van der Waals surface area contributed by atoms with E-state index in [0.29, 0.717) is 23.0 Å². The lowest BCUT2D eigenvalue weighted by atomic mass is 9.98. The first-order valence-electron chi connectivity index (χ1n) is 12.0. The lowest BCUT2D eigenvalue weighted by molar-refractivity contribution is -0.137. The van der Waals surface area contributed by atoms with Crippen LogP contribution in [0, 0.1) is 0 Å². The number of carbonyl (C=O) groups excluding carboxylic acids is 2. The van der Waals surface area contributed by atoms with Crippen molar-refractivity contribution < 1.29 is 22.8 Å². The highest BCUT2D eigenvalue weighted by atomic mass is 19.4. The number of hydrogen-bond donors (Lipinski definition) is 1. The molecule has 0 aliphatic rings. The van der Waals surface area contributed by atoms with Gasteiger partial charge in [0.15, 0.2) is 0 Å². The zero-order valence-corrected chi connectivity index (χ0v) is 21.1. The summed E-state index contributed by atoms with van der Waals surface area (Å²) < 4.78 is 42.3. The van der Waals surface area contributed by atoms with Crippen LogP contribution in [0.25, 0.3) is 11.0 Å². The molecule has 4 aromatic rings. The fraction of sp³-hybridized carbons (Fsp3) is 0.296. The molecule has 11 heteroatoms. The number of hydrogen-bond acceptors (Lipinski definition) is 5. The van der Waals surface area contributed by atoms with E-state index in [1.807, 2.05) is 20.8 Å². The van der Waals surface area contributed by atoms with Crippen molar-refractivity contribution >= 4 is 28.5 Å². The molecular weight excluding hydrogens is 497 g/mol. The normalized spacial score (nSPS) is 12.8. The van der Waals surface area contributed by atoms with Crippen molar-refractivity contribution in [1.82, 2.24) is 25.3 Å². The third-order valence-electron chi connectivity index (χ3n) is 6.30. The Morgan fingerprint density at radius 2 is 1.74 bits per heavy atom. The Balaban J connectivity index is 1.85. The maximum Gasteiger partial charge on any atom is 0.416 e. The molecule has 0 aliphatic carbocycles. The minimum atomic E-state index is -4.65. The molecule has 0 bridgehead atoms. The molecule has 4 rings (SSSR count). The zero-order chi connectivity index (χ0) is 27.5. The summed E-state index contributed by atoms with van der Waals surface area (Å²) in [7, 11) is 0. The molecule has 1 atom stereocenters. The van der Waals surface area contributed by atoms with Crippen LogP contribution in [0.15, 0.2) is 73.1 Å². The number of halogens is 3. The third-order valence-corrected chi connectivity index (χ3v) is 6.30. The van der Waals surface area contributed by atoms with E-state index in [1.54, 1.807) is 36.4 Å². The minimum absolute atomic E-state index is 0.0829. The molecule has 2 amide bonds. The number of rotatable bonds is 8. The average Bonchev–Trinajstić information content (AvgIpc) is 3.29. The van der Waals surface area contributed by atoms with Crippen LogP contribution < -0.4 is 10.2 Å². The summed E-state index contributed by atoms with van der Waals surface area (Å²) in [6, 6.07) is 13.2. The van der Waals surface area contributed by atoms with Gasteiger partial charge in [-0.2, -0.15) is 13.2 Å². The van der Waals surface area contributed by atoms with Crippen molar-refractivity contribution in [3.8, 4) is 0 Å². The maximum absolute atomic E-state index is 13.9. The molecule has 0 spiro atoms. The highest BCUT2D eigenvalue weighted by Crippen LogP contribution is 2.35. The van der Waals surface area contributed by atoms with Crippen molar-refractivity contribution in [3.05, 3.63) is 84.2 Å². The molecule has 2 heterocycles. The Morgan fingerprint density at radius 3 is 2.42 bits per heavy atom. The summed E-state index contributed by atoms with van der Waals surface area (Å²) in [5, 5.41) is 11.0. The standard InChI is InChI=1S/C27H27F3N6O2/c1-4-26(2,3)32-25(38)24(18-12-14-31-15-13-18)36(20-9-7-8-19(16-20)27(28,29)30)23(37)17-35-22-11-6-5-10-21(22)33-34-35/h5-16,24H,4,17H2,1-3H3,(H,32,38)/t24-/m0/s1. The van der Waals surface area contributed by atoms with Gasteiger partial charge in [0, 0.05) is 23.6 Å². The third kappa shape index (κ3) is 5.82. The average molecular weight is 525 g/mol. The molecule has 198 valence electrons. The van der Waals surface area contributed by atoms with Gasteiger partial charge in [-0.05, 0) is 68.3 Å². The Morgan fingerprint density at radius 1 is 1.03 bits per heavy atom. The van der Waals surface area contributed by atoms with Gasteiger partial charge in [0.2, 0.25) is 11.8 Å². The van der Waals surface area contributed by atoms with E-state index in [1.165, 1.54) is 29.2 Å². The lowest BCUT2D eigenvalue weighted by Gasteiger charge is -2.34. The van der Waals surface area contributed by atoms with Crippen molar-refractivity contribution in [2.24, 2.45) is 0 Å². The number of pyridine rings is 1. The van der Waals surface area contributed by atoms with Crippen molar-refractivity contribution in [1.29, 1.82) is 0 Å². The number of anilines is 1. The SMILES string of the molecule is CCC(C)(C)NC(=O)[C@H](c1ccncc1)N(C(=O)Cn1nnc2ccccc21)c1cccc(C(F)(F)F)c1. The van der Waals surface area contributed by atoms with E-state index in [0.717, 1.165) is 17.0 Å². The molecule has 38 heavy (non-hydrogen) atoms. The summed E-state index contributed by atoms with van der Waals surface area (Å²) in [5.74, 6) is -1.19. The first kappa shape index (κ1) is 26.8. The molecule has 0 saturated heterocycles. The lowest BCUT2D eigenvalue weighted by Crippen LogP contribution is -2.51. The van der Waals surface area contributed by atoms with Crippen LogP contribution in [-0.2, 0) is 22.3 Å². The molecule has 0 fully saturated rings. The Labute approximate surface area is 217 Å². The van der Waals surface area contributed by atoms with E-state index in [9.17, 15) is 22.8 Å². The fourth-order valence-electron chi connectivity index (χ4n) is 3.96. The number of carbonyl (C=O) groups is 2. The second-order valence-electron chi connectivity index (χ2n) is 9.46. The molecule has 2 aromatic heterocycles. The number of aromatic nitrogens is 4. The van der Waals surface area contributed by atoms with Crippen LogP contribution in [0.3, 0.4) is 0 Å². The predicted octanol–water partition coefficient (Wildman–Crippen LogP) is 4.92. The number of fused-ring (bicyclic) bond motifs is 1. The monoisotopic (exact) mass is 524 g/mol. The quantitative estimate of drug-likeness (QED) is 0.353. The van der Waals surface area contributed by atoms with E-state index in [2.05, 4.69) is 20.6 Å². The Hall–Kier alpha value is -4.28. The number of alkyl halides is 3. The van der Waals surface area contributed by atoms with Gasteiger partial charge in [-0.1, -0.05) is 30.3 Å². The molecule has 1 N–H and O–H groups in total. The Bertz CT molecular complexity index is 1440. The number of para-hydroxylation sites is 1. The molecular formula is C27H27F3N6O2. The van der Waals surface area contributed by atoms with Gasteiger partial charge in [0.25, 0.3) is 0 Å². The van der Waals surface area contributed by atoms with Gasteiger partial charge in [0.05, 0.1) is 11.1 Å². The van der Waals surface area contributed by atoms with Gasteiger partial charge in [-0.3, -0.25) is 19.5 Å². The van der Waals surface area contributed by atoms with Gasteiger partial charge in [-0.25, -0.2) is 4.68 Å². The molecule has 8 nitrogen and oxygen atoms in total. The van der Waals surface area contributed by atoms with E-state index >= 15 is 0 Å². The highest BCUT2D eigenvalue weighted by molar-refractivity contribution is 6.01. The summed E-state index contributed by atoms with van der Waals surface area (Å²) in [4.78, 5) is 32.8. The van der Waals surface area contributed by atoms with E-state index < -0.39 is 35.1 Å². The molecule has 2 aromatic carbocycles. The summed E-state index contributed by atoms with van der Waals surface area (Å²) in [6.07, 6.45) is -1.14. The second kappa shape index (κ2) is 10.6. The van der Waals surface area contributed by atoms with Crippen LogP contribution in [0.1, 0.15) is 44.4 Å². The summed E-state index contributed by atoms with van der Waals surface area (Å²) >= 11 is 0. The largest absolute Gasteiger partial charge is 0.416 e. The summed E-state index contributed by atoms with van der Waals surface area (Å²) in [5.41, 5.74) is -0.144. The first-order chi connectivity index (χ1) is 18.0. The van der Waals surface area contributed by atoms with Crippen LogP contribution in [-0.4, -0.2) is 37.3 Å². The van der Waals surface area contributed by atoms with Crippen LogP contribution in [0.4, 0.5) is 18.9 Å². The van der Waals surface area contributed by atoms with Crippen molar-refractivity contribution in [2.75, 3.05) is 4.90 Å². The van der Waals surface area contributed by atoms with Crippen LogP contribution >= 0.6 is 0 Å². The van der Waals surface area contributed by atoms with Gasteiger partial charge >= 0.3 is 6.18 Å². The number of nitrogens with one attached hydrogen (secondary N) is 1. The maximum atomic E-state index is 13.9. The minimum Gasteiger partial charge on any atom is -0.349 e. The predicted molar refractivity (Wildman–Crippen MR) is 136 cm³/mol. The number of nitrogens with zero attached hydrogens (tertiary/aromatic N) is 5. The highest BCUT2D eigenvalue weighted by Gasteiger charge is 2.37. The number of amides is 2. The molecule has 0 aliphatic heterocycles. The van der Waals surface area contributed by atoms with Crippen molar-refractivity contribution in [3.63, 3.8) is 0 Å². The first-order valence-corrected chi connectivity index (χ1v) is 12.0. The smallest absolute Gasteiger partial charge is 0.349 e. The van der Waals surface area contributed by atoms with Gasteiger partial charge in [0.1, 0.15) is 18.1 Å². The molecule has 0 radical (unpaired) electrons. The summed E-state index contributed by atoms with van der Waals surface area (Å²) in [6.45, 7) is 5.19. The van der Waals surface area contributed by atoms with Crippen molar-refractivity contribution in [2.45, 2.75) is 51.5 Å². The van der Waals surface area contributed by atoms with Gasteiger partial charge < -0.3 is 5.32 Å². The molecule has 0 saturated carbocycles. The molecule has 0 unspecified atom stereocenters. The van der Waals surface area contributed by atoms with Crippen LogP contribution in [0.5, 0.6) is 0 Å². The van der Waals surface area contributed by atoms with E-state index in [4.69, 9.17) is 0 Å². The Kier molecular flexibility index (Phi) is 7.47. The second-order valence-corrected chi connectivity index (χ2v) is 9.46. The van der Waals surface area contributed by atoms with Gasteiger partial charge in [-0.15, -0.1) is 5.10 Å². The number of benzene rings is 2. The fourth-order valence-corrected chi connectivity index (χ4v) is 3.96. The van der Waals surface area contributed by atoms with Crippen LogP contribution in [0.2, 0.25) is 0 Å².